The van der Waals surface area contributed by atoms with Crippen molar-refractivity contribution in [3.63, 3.8) is 0 Å². The number of amides is 1. The first-order chi connectivity index (χ1) is 7.84. The second-order valence-corrected chi connectivity index (χ2v) is 4.04. The van der Waals surface area contributed by atoms with Gasteiger partial charge in [-0.1, -0.05) is 25.3 Å². The molecule has 0 bridgehead atoms. The quantitative estimate of drug-likeness (QED) is 0.833. The van der Waals surface area contributed by atoms with Crippen molar-refractivity contribution in [3.05, 3.63) is 24.4 Å². The molecule has 0 aromatic carbocycles. The second kappa shape index (κ2) is 5.49. The van der Waals surface area contributed by atoms with E-state index in [1.807, 2.05) is 0 Å². The van der Waals surface area contributed by atoms with Gasteiger partial charge in [0.05, 0.1) is 0 Å². The van der Waals surface area contributed by atoms with Crippen molar-refractivity contribution in [3.8, 4) is 5.88 Å². The van der Waals surface area contributed by atoms with Gasteiger partial charge < -0.3 is 10.1 Å². The van der Waals surface area contributed by atoms with Gasteiger partial charge >= 0.3 is 6.09 Å². The Morgan fingerprint density at radius 3 is 2.81 bits per heavy atom. The fourth-order valence-electron chi connectivity index (χ4n) is 1.95. The second-order valence-electron chi connectivity index (χ2n) is 4.04. The summed E-state index contributed by atoms with van der Waals surface area (Å²) < 4.78 is 5.06. The largest absolute Gasteiger partial charge is 0.414 e. The van der Waals surface area contributed by atoms with E-state index in [0.29, 0.717) is 5.88 Å². The Morgan fingerprint density at radius 2 is 2.12 bits per heavy atom. The molecule has 1 aliphatic rings. The molecule has 1 saturated carbocycles. The van der Waals surface area contributed by atoms with Gasteiger partial charge in [-0.2, -0.15) is 0 Å². The molecule has 1 amide bonds. The fourth-order valence-corrected chi connectivity index (χ4v) is 1.95. The molecule has 1 fully saturated rings. The van der Waals surface area contributed by atoms with Gasteiger partial charge in [-0.3, -0.25) is 0 Å². The van der Waals surface area contributed by atoms with E-state index < -0.39 is 6.09 Å². The Labute approximate surface area is 95.0 Å². The minimum absolute atomic E-state index is 0.268. The zero-order valence-corrected chi connectivity index (χ0v) is 9.19. The lowest BCUT2D eigenvalue weighted by atomic mass is 9.96. The van der Waals surface area contributed by atoms with Gasteiger partial charge in [-0.25, -0.2) is 9.78 Å². The molecule has 0 saturated heterocycles. The molecule has 1 aromatic rings. The molecule has 0 spiro atoms. The lowest BCUT2D eigenvalue weighted by Crippen LogP contribution is -2.38. The Balaban J connectivity index is 1.80. The van der Waals surface area contributed by atoms with Crippen molar-refractivity contribution in [1.82, 2.24) is 10.3 Å². The number of nitrogens with zero attached hydrogens (tertiary/aromatic N) is 1. The van der Waals surface area contributed by atoms with Gasteiger partial charge in [0.15, 0.2) is 0 Å². The summed E-state index contributed by atoms with van der Waals surface area (Å²) in [6.45, 7) is 0. The summed E-state index contributed by atoms with van der Waals surface area (Å²) >= 11 is 0. The predicted molar refractivity (Wildman–Crippen MR) is 60.3 cm³/mol. The molecule has 1 N–H and O–H groups in total. The van der Waals surface area contributed by atoms with Crippen molar-refractivity contribution < 1.29 is 9.53 Å². The van der Waals surface area contributed by atoms with Crippen molar-refractivity contribution >= 4 is 6.09 Å². The van der Waals surface area contributed by atoms with Gasteiger partial charge in [0.2, 0.25) is 5.88 Å². The van der Waals surface area contributed by atoms with E-state index in [1.54, 1.807) is 24.4 Å². The highest BCUT2D eigenvalue weighted by Crippen LogP contribution is 2.17. The van der Waals surface area contributed by atoms with Crippen LogP contribution in [0.25, 0.3) is 0 Å². The van der Waals surface area contributed by atoms with Crippen LogP contribution in [0.5, 0.6) is 5.88 Å². The minimum Gasteiger partial charge on any atom is -0.391 e. The summed E-state index contributed by atoms with van der Waals surface area (Å²) in [5, 5.41) is 2.87. The summed E-state index contributed by atoms with van der Waals surface area (Å²) in [5.74, 6) is 0.343. The molecule has 0 aliphatic heterocycles. The van der Waals surface area contributed by atoms with Crippen LogP contribution < -0.4 is 10.1 Å². The molecule has 16 heavy (non-hydrogen) atoms. The number of nitrogens with one attached hydrogen (secondary N) is 1. The summed E-state index contributed by atoms with van der Waals surface area (Å²) in [5.41, 5.74) is 0. The smallest absolute Gasteiger partial charge is 0.391 e. The highest BCUT2D eigenvalue weighted by molar-refractivity contribution is 5.70. The average Bonchev–Trinajstić information content (AvgIpc) is 2.31. The van der Waals surface area contributed by atoms with Crippen LogP contribution >= 0.6 is 0 Å². The molecule has 0 atom stereocenters. The number of hydrogen-bond donors (Lipinski definition) is 1. The minimum atomic E-state index is -0.398. The molecule has 2 rings (SSSR count). The van der Waals surface area contributed by atoms with Crippen LogP contribution in [0.2, 0.25) is 0 Å². The molecule has 4 heteroatoms. The Kier molecular flexibility index (Phi) is 3.75. The number of aromatic nitrogens is 1. The van der Waals surface area contributed by atoms with Crippen LogP contribution in [-0.2, 0) is 0 Å². The zero-order valence-electron chi connectivity index (χ0n) is 9.19. The van der Waals surface area contributed by atoms with E-state index in [1.165, 1.54) is 19.3 Å². The van der Waals surface area contributed by atoms with Gasteiger partial charge in [-0.05, 0) is 18.9 Å². The van der Waals surface area contributed by atoms with E-state index >= 15 is 0 Å². The Hall–Kier alpha value is -1.58. The van der Waals surface area contributed by atoms with Crippen LogP contribution in [0.1, 0.15) is 32.1 Å². The maximum atomic E-state index is 11.5. The first kappa shape index (κ1) is 10.9. The average molecular weight is 220 g/mol. The zero-order chi connectivity index (χ0) is 11.2. The maximum absolute atomic E-state index is 11.5. The molecule has 1 aliphatic carbocycles. The van der Waals surface area contributed by atoms with E-state index in [4.69, 9.17) is 4.74 Å². The van der Waals surface area contributed by atoms with Crippen molar-refractivity contribution in [2.45, 2.75) is 38.1 Å². The van der Waals surface area contributed by atoms with Crippen molar-refractivity contribution in [2.75, 3.05) is 0 Å². The Morgan fingerprint density at radius 1 is 1.31 bits per heavy atom. The summed E-state index contributed by atoms with van der Waals surface area (Å²) in [4.78, 5) is 15.4. The molecular formula is C12H16N2O2. The van der Waals surface area contributed by atoms with Crippen LogP contribution in [0, 0.1) is 0 Å². The molecule has 0 radical (unpaired) electrons. The van der Waals surface area contributed by atoms with Crippen molar-refractivity contribution in [2.24, 2.45) is 0 Å². The van der Waals surface area contributed by atoms with Gasteiger partial charge in [0, 0.05) is 18.3 Å². The Bertz CT molecular complexity index is 334. The standard InChI is InChI=1S/C12H16N2O2/c15-12(14-10-6-2-1-3-7-10)16-11-8-4-5-9-13-11/h4-5,8-10H,1-3,6-7H2,(H,14,15). The SMILES string of the molecule is O=C(NC1CCCCC1)Oc1ccccn1. The van der Waals surface area contributed by atoms with Gasteiger partial charge in [-0.15, -0.1) is 0 Å². The van der Waals surface area contributed by atoms with Gasteiger partial charge in [0.1, 0.15) is 0 Å². The topological polar surface area (TPSA) is 51.2 Å². The molecule has 0 unspecified atom stereocenters. The number of ether oxygens (including phenoxy) is 1. The predicted octanol–water partition coefficient (Wildman–Crippen LogP) is 2.50. The highest BCUT2D eigenvalue weighted by Gasteiger charge is 2.16. The summed E-state index contributed by atoms with van der Waals surface area (Å²) in [6.07, 6.45) is 6.96. The number of carbonyl (C=O) groups excluding carboxylic acids is 1. The normalized spacial score (nSPS) is 16.8. The molecule has 1 heterocycles. The fraction of sp³-hybridized carbons (Fsp3) is 0.500. The number of hydrogen-bond acceptors (Lipinski definition) is 3. The third kappa shape index (κ3) is 3.22. The lowest BCUT2D eigenvalue weighted by Gasteiger charge is -2.21. The lowest BCUT2D eigenvalue weighted by molar-refractivity contribution is 0.190. The third-order valence-corrected chi connectivity index (χ3v) is 2.76. The first-order valence-electron chi connectivity index (χ1n) is 5.74. The van der Waals surface area contributed by atoms with Crippen molar-refractivity contribution in [1.29, 1.82) is 0 Å². The van der Waals surface area contributed by atoms with E-state index in [0.717, 1.165) is 12.8 Å². The molecule has 4 nitrogen and oxygen atoms in total. The van der Waals surface area contributed by atoms with Crippen LogP contribution in [-0.4, -0.2) is 17.1 Å². The number of carbonyl (C=O) groups is 1. The number of rotatable bonds is 2. The monoisotopic (exact) mass is 220 g/mol. The first-order valence-corrected chi connectivity index (χ1v) is 5.74. The number of pyridine rings is 1. The van der Waals surface area contributed by atoms with E-state index in [2.05, 4.69) is 10.3 Å². The molecule has 86 valence electrons. The van der Waals surface area contributed by atoms with Crippen LogP contribution in [0.15, 0.2) is 24.4 Å². The van der Waals surface area contributed by atoms with Crippen LogP contribution in [0.3, 0.4) is 0 Å². The molecule has 1 aromatic heterocycles. The highest BCUT2D eigenvalue weighted by atomic mass is 16.6. The maximum Gasteiger partial charge on any atom is 0.414 e. The summed E-state index contributed by atoms with van der Waals surface area (Å²) in [7, 11) is 0. The van der Waals surface area contributed by atoms with Crippen LogP contribution in [0.4, 0.5) is 4.79 Å². The van der Waals surface area contributed by atoms with Gasteiger partial charge in [0.25, 0.3) is 0 Å². The molecular weight excluding hydrogens is 204 g/mol. The van der Waals surface area contributed by atoms with E-state index in [9.17, 15) is 4.79 Å². The third-order valence-electron chi connectivity index (χ3n) is 2.76. The summed E-state index contributed by atoms with van der Waals surface area (Å²) in [6, 6.07) is 5.51. The van der Waals surface area contributed by atoms with E-state index in [-0.39, 0.29) is 6.04 Å².